The predicted molar refractivity (Wildman–Crippen MR) is 104 cm³/mol. The van der Waals surface area contributed by atoms with Crippen LogP contribution in [0.2, 0.25) is 0 Å². The Kier molecular flexibility index (Phi) is 6.57. The van der Waals surface area contributed by atoms with Gasteiger partial charge in [0.25, 0.3) is 5.91 Å². The first-order valence-electron chi connectivity index (χ1n) is 9.45. The average Bonchev–Trinajstić information content (AvgIpc) is 2.74. The van der Waals surface area contributed by atoms with E-state index in [1.807, 2.05) is 0 Å². The van der Waals surface area contributed by atoms with Gasteiger partial charge >= 0.3 is 5.97 Å². The molecule has 1 heterocycles. The molecule has 2 aromatic rings. The van der Waals surface area contributed by atoms with Gasteiger partial charge in [0.1, 0.15) is 17.2 Å². The standard InChI is InChI=1S/C21H24FN3O3/c1-25(15-8-3-2-4-9-15)19(26)14-28-21(27)16-10-7-13-23-20(16)24-18-12-6-5-11-17(18)22/h5-7,10-13,15H,2-4,8-9,14H2,1H3,(H,23,24). The van der Waals surface area contributed by atoms with Crippen LogP contribution in [-0.4, -0.2) is 41.5 Å². The van der Waals surface area contributed by atoms with Crippen molar-refractivity contribution in [3.63, 3.8) is 0 Å². The van der Waals surface area contributed by atoms with Crippen molar-refractivity contribution >= 4 is 23.4 Å². The van der Waals surface area contributed by atoms with Crippen molar-refractivity contribution in [2.45, 2.75) is 38.1 Å². The van der Waals surface area contributed by atoms with E-state index >= 15 is 0 Å². The summed E-state index contributed by atoms with van der Waals surface area (Å²) in [6, 6.07) is 9.41. The summed E-state index contributed by atoms with van der Waals surface area (Å²) in [4.78, 5) is 30.6. The van der Waals surface area contributed by atoms with Gasteiger partial charge in [-0.3, -0.25) is 4.79 Å². The molecule has 1 aromatic carbocycles. The Labute approximate surface area is 163 Å². The fourth-order valence-electron chi connectivity index (χ4n) is 3.34. The van der Waals surface area contributed by atoms with Crippen LogP contribution in [0.3, 0.4) is 0 Å². The number of hydrogen-bond acceptors (Lipinski definition) is 5. The third kappa shape index (κ3) is 4.85. The summed E-state index contributed by atoms with van der Waals surface area (Å²) in [5.74, 6) is -1.20. The van der Waals surface area contributed by atoms with Crippen LogP contribution in [0.15, 0.2) is 42.6 Å². The first-order valence-corrected chi connectivity index (χ1v) is 9.45. The molecule has 0 aliphatic heterocycles. The largest absolute Gasteiger partial charge is 0.452 e. The monoisotopic (exact) mass is 385 g/mol. The van der Waals surface area contributed by atoms with Gasteiger partial charge in [-0.15, -0.1) is 0 Å². The number of nitrogens with zero attached hydrogens (tertiary/aromatic N) is 2. The van der Waals surface area contributed by atoms with Crippen molar-refractivity contribution in [3.05, 3.63) is 54.0 Å². The van der Waals surface area contributed by atoms with Crippen LogP contribution < -0.4 is 5.32 Å². The normalized spacial score (nSPS) is 14.4. The molecule has 1 saturated carbocycles. The first-order chi connectivity index (χ1) is 13.6. The Bertz CT molecular complexity index is 837. The predicted octanol–water partition coefficient (Wildman–Crippen LogP) is 3.91. The van der Waals surface area contributed by atoms with Crippen LogP contribution in [0.25, 0.3) is 0 Å². The summed E-state index contributed by atoms with van der Waals surface area (Å²) in [5.41, 5.74) is 0.335. The van der Waals surface area contributed by atoms with Gasteiger partial charge in [-0.2, -0.15) is 0 Å². The number of halogens is 1. The minimum Gasteiger partial charge on any atom is -0.452 e. The lowest BCUT2D eigenvalue weighted by Gasteiger charge is -2.31. The van der Waals surface area contributed by atoms with Crippen molar-refractivity contribution < 1.29 is 18.7 Å². The molecule has 1 N–H and O–H groups in total. The summed E-state index contributed by atoms with van der Waals surface area (Å²) >= 11 is 0. The number of ether oxygens (including phenoxy) is 1. The number of nitrogens with one attached hydrogen (secondary N) is 1. The van der Waals surface area contributed by atoms with Crippen LogP contribution in [0.4, 0.5) is 15.9 Å². The smallest absolute Gasteiger partial charge is 0.342 e. The summed E-state index contributed by atoms with van der Waals surface area (Å²) in [7, 11) is 1.75. The molecular weight excluding hydrogens is 361 g/mol. The molecule has 0 atom stereocenters. The van der Waals surface area contributed by atoms with E-state index in [-0.39, 0.29) is 35.6 Å². The van der Waals surface area contributed by atoms with Gasteiger partial charge in [0.15, 0.2) is 6.61 Å². The number of esters is 1. The average molecular weight is 385 g/mol. The molecule has 0 saturated heterocycles. The second-order valence-electron chi connectivity index (χ2n) is 6.88. The highest BCUT2D eigenvalue weighted by Crippen LogP contribution is 2.23. The number of likely N-dealkylation sites (N-methyl/N-ethyl adjacent to an activating group) is 1. The second-order valence-corrected chi connectivity index (χ2v) is 6.88. The quantitative estimate of drug-likeness (QED) is 0.764. The number of anilines is 2. The molecule has 6 nitrogen and oxygen atoms in total. The van der Waals surface area contributed by atoms with Gasteiger partial charge in [-0.1, -0.05) is 31.4 Å². The minimum absolute atomic E-state index is 0.138. The molecular formula is C21H24FN3O3. The van der Waals surface area contributed by atoms with Gasteiger partial charge in [0.2, 0.25) is 0 Å². The Hall–Kier alpha value is -2.96. The van der Waals surface area contributed by atoms with E-state index in [4.69, 9.17) is 4.74 Å². The number of benzene rings is 1. The van der Waals surface area contributed by atoms with Crippen LogP contribution in [0.5, 0.6) is 0 Å². The Morgan fingerprint density at radius 1 is 1.18 bits per heavy atom. The topological polar surface area (TPSA) is 71.5 Å². The van der Waals surface area contributed by atoms with Crippen LogP contribution >= 0.6 is 0 Å². The summed E-state index contributed by atoms with van der Waals surface area (Å²) in [5, 5.41) is 2.80. The molecule has 0 unspecified atom stereocenters. The number of hydrogen-bond donors (Lipinski definition) is 1. The number of para-hydroxylation sites is 1. The Balaban J connectivity index is 1.63. The molecule has 1 fully saturated rings. The molecule has 3 rings (SSSR count). The number of amides is 1. The van der Waals surface area contributed by atoms with Crippen molar-refractivity contribution in [1.29, 1.82) is 0 Å². The second kappa shape index (κ2) is 9.30. The Morgan fingerprint density at radius 2 is 1.93 bits per heavy atom. The van der Waals surface area contributed by atoms with Gasteiger partial charge < -0.3 is 15.0 Å². The van der Waals surface area contributed by atoms with Crippen LogP contribution in [0.1, 0.15) is 42.5 Å². The molecule has 148 valence electrons. The summed E-state index contributed by atoms with van der Waals surface area (Å²) in [6.07, 6.45) is 6.88. The maximum Gasteiger partial charge on any atom is 0.342 e. The lowest BCUT2D eigenvalue weighted by atomic mass is 9.94. The van der Waals surface area contributed by atoms with Crippen molar-refractivity contribution in [3.8, 4) is 0 Å². The molecule has 0 bridgehead atoms. The number of aromatic nitrogens is 1. The van der Waals surface area contributed by atoms with E-state index in [2.05, 4.69) is 10.3 Å². The highest BCUT2D eigenvalue weighted by atomic mass is 19.1. The molecule has 1 amide bonds. The molecule has 0 radical (unpaired) electrons. The lowest BCUT2D eigenvalue weighted by molar-refractivity contribution is -0.135. The third-order valence-corrected chi connectivity index (χ3v) is 5.00. The van der Waals surface area contributed by atoms with Crippen molar-refractivity contribution in [2.24, 2.45) is 0 Å². The fraction of sp³-hybridized carbons (Fsp3) is 0.381. The fourth-order valence-corrected chi connectivity index (χ4v) is 3.34. The summed E-state index contributed by atoms with van der Waals surface area (Å²) in [6.45, 7) is -0.333. The van der Waals surface area contributed by atoms with Gasteiger partial charge in [-0.25, -0.2) is 14.2 Å². The van der Waals surface area contributed by atoms with Crippen LogP contribution in [-0.2, 0) is 9.53 Å². The molecule has 1 aliphatic carbocycles. The van der Waals surface area contributed by atoms with Crippen molar-refractivity contribution in [2.75, 3.05) is 19.0 Å². The highest BCUT2D eigenvalue weighted by molar-refractivity contribution is 5.96. The Morgan fingerprint density at radius 3 is 2.68 bits per heavy atom. The number of rotatable bonds is 6. The summed E-state index contributed by atoms with van der Waals surface area (Å²) < 4.78 is 19.1. The van der Waals surface area contributed by atoms with Gasteiger partial charge in [-0.05, 0) is 37.1 Å². The van der Waals surface area contributed by atoms with Crippen molar-refractivity contribution in [1.82, 2.24) is 9.88 Å². The number of pyridine rings is 1. The van der Waals surface area contributed by atoms with E-state index in [1.165, 1.54) is 24.8 Å². The number of carbonyl (C=O) groups is 2. The van der Waals surface area contributed by atoms with E-state index in [0.29, 0.717) is 0 Å². The maximum atomic E-state index is 13.9. The van der Waals surface area contributed by atoms with Crippen LogP contribution in [0, 0.1) is 5.82 Å². The third-order valence-electron chi connectivity index (χ3n) is 5.00. The van der Waals surface area contributed by atoms with E-state index in [0.717, 1.165) is 25.7 Å². The minimum atomic E-state index is -0.683. The zero-order chi connectivity index (χ0) is 19.9. The zero-order valence-corrected chi connectivity index (χ0v) is 15.9. The van der Waals surface area contributed by atoms with E-state index in [1.54, 1.807) is 36.2 Å². The molecule has 7 heteroatoms. The zero-order valence-electron chi connectivity index (χ0n) is 15.9. The SMILES string of the molecule is CN(C(=O)COC(=O)c1cccnc1Nc1ccccc1F)C1CCCCC1. The molecule has 1 aliphatic rings. The lowest BCUT2D eigenvalue weighted by Crippen LogP contribution is -2.40. The number of carbonyl (C=O) groups excluding carboxylic acids is 2. The van der Waals surface area contributed by atoms with E-state index < -0.39 is 11.8 Å². The molecule has 28 heavy (non-hydrogen) atoms. The highest BCUT2D eigenvalue weighted by Gasteiger charge is 2.23. The molecule has 1 aromatic heterocycles. The van der Waals surface area contributed by atoms with E-state index in [9.17, 15) is 14.0 Å². The van der Waals surface area contributed by atoms with Gasteiger partial charge in [0, 0.05) is 19.3 Å². The maximum absolute atomic E-state index is 13.9. The van der Waals surface area contributed by atoms with Gasteiger partial charge in [0.05, 0.1) is 5.69 Å². The molecule has 0 spiro atoms. The first kappa shape index (κ1) is 19.8.